The minimum absolute atomic E-state index is 0.664. The molecule has 2 N–H and O–H groups in total. The van der Waals surface area contributed by atoms with Crippen LogP contribution in [-0.4, -0.2) is 31.1 Å². The number of nitrogens with one attached hydrogen (secondary N) is 2. The van der Waals surface area contributed by atoms with Crippen molar-refractivity contribution in [3.05, 3.63) is 45.9 Å². The maximum Gasteiger partial charge on any atom is 0.191 e. The van der Waals surface area contributed by atoms with Crippen LogP contribution in [0.1, 0.15) is 23.2 Å². The molecule has 2 aromatic rings. The molecule has 0 atom stereocenters. The Balaban J connectivity index is 1.81. The third kappa shape index (κ3) is 5.56. The van der Waals surface area contributed by atoms with Gasteiger partial charge in [0.25, 0.3) is 0 Å². The summed E-state index contributed by atoms with van der Waals surface area (Å²) in [5, 5.41) is 9.84. The minimum Gasteiger partial charge on any atom is -0.494 e. The van der Waals surface area contributed by atoms with Gasteiger partial charge in [-0.15, -0.1) is 11.3 Å². The van der Waals surface area contributed by atoms with Crippen LogP contribution >= 0.6 is 11.3 Å². The summed E-state index contributed by atoms with van der Waals surface area (Å²) >= 11 is 1.68. The second-order valence-corrected chi connectivity index (χ2v) is 6.06. The van der Waals surface area contributed by atoms with Gasteiger partial charge in [-0.05, 0) is 19.9 Å². The van der Waals surface area contributed by atoms with Gasteiger partial charge in [-0.2, -0.15) is 0 Å². The molecular formula is C17H24N4OS. The second kappa shape index (κ2) is 9.15. The van der Waals surface area contributed by atoms with E-state index < -0.39 is 0 Å². The molecule has 6 heteroatoms. The van der Waals surface area contributed by atoms with E-state index in [0.717, 1.165) is 40.9 Å². The second-order valence-electron chi connectivity index (χ2n) is 5.00. The molecule has 0 amide bonds. The number of thiazole rings is 1. The first-order valence-corrected chi connectivity index (χ1v) is 8.67. The van der Waals surface area contributed by atoms with Crippen molar-refractivity contribution in [2.24, 2.45) is 4.99 Å². The fraction of sp³-hybridized carbons (Fsp3) is 0.412. The fourth-order valence-electron chi connectivity index (χ4n) is 2.18. The maximum atomic E-state index is 5.64. The van der Waals surface area contributed by atoms with Crippen LogP contribution in [0.3, 0.4) is 0 Å². The molecule has 5 nitrogen and oxygen atoms in total. The van der Waals surface area contributed by atoms with Crippen LogP contribution in [-0.2, 0) is 13.0 Å². The van der Waals surface area contributed by atoms with Crippen LogP contribution in [0, 0.1) is 6.92 Å². The Labute approximate surface area is 141 Å². The van der Waals surface area contributed by atoms with Gasteiger partial charge in [-0.1, -0.05) is 18.2 Å². The van der Waals surface area contributed by atoms with Gasteiger partial charge in [0.2, 0.25) is 0 Å². The standard InChI is InChI=1S/C17H24N4OS/c1-4-22-16-8-6-5-7-14(16)11-20-17(18-3)19-10-9-15-12-23-13(2)21-15/h5-8,12H,4,9-11H2,1-3H3,(H2,18,19,20). The summed E-state index contributed by atoms with van der Waals surface area (Å²) in [5.74, 6) is 1.69. The quantitative estimate of drug-likeness (QED) is 0.605. The lowest BCUT2D eigenvalue weighted by atomic mass is 10.2. The Kier molecular flexibility index (Phi) is 6.87. The number of rotatable bonds is 7. The van der Waals surface area contributed by atoms with Gasteiger partial charge in [-0.25, -0.2) is 4.98 Å². The molecule has 0 aliphatic heterocycles. The largest absolute Gasteiger partial charge is 0.494 e. The lowest BCUT2D eigenvalue weighted by Crippen LogP contribution is -2.38. The summed E-state index contributed by atoms with van der Waals surface area (Å²) in [6, 6.07) is 8.04. The predicted octanol–water partition coefficient (Wildman–Crippen LogP) is 2.76. The van der Waals surface area contributed by atoms with Crippen LogP contribution in [0.5, 0.6) is 5.75 Å². The molecule has 124 valence electrons. The van der Waals surface area contributed by atoms with E-state index in [2.05, 4.69) is 32.1 Å². The number of hydrogen-bond acceptors (Lipinski definition) is 4. The van der Waals surface area contributed by atoms with E-state index >= 15 is 0 Å². The molecule has 0 aliphatic carbocycles. The summed E-state index contributed by atoms with van der Waals surface area (Å²) in [6.45, 7) is 6.15. The van der Waals surface area contributed by atoms with Gasteiger partial charge in [0.1, 0.15) is 5.75 Å². The Morgan fingerprint density at radius 2 is 2.13 bits per heavy atom. The molecule has 0 spiro atoms. The van der Waals surface area contributed by atoms with Gasteiger partial charge in [0, 0.05) is 37.5 Å². The van der Waals surface area contributed by atoms with Gasteiger partial charge in [0.15, 0.2) is 5.96 Å². The number of para-hydroxylation sites is 1. The van der Waals surface area contributed by atoms with Crippen LogP contribution < -0.4 is 15.4 Å². The molecule has 0 aliphatic rings. The van der Waals surface area contributed by atoms with E-state index in [1.807, 2.05) is 32.0 Å². The first-order chi connectivity index (χ1) is 11.2. The van der Waals surface area contributed by atoms with Gasteiger partial charge >= 0.3 is 0 Å². The van der Waals surface area contributed by atoms with Crippen molar-refractivity contribution in [3.63, 3.8) is 0 Å². The topological polar surface area (TPSA) is 58.5 Å². The van der Waals surface area contributed by atoms with Crippen molar-refractivity contribution in [3.8, 4) is 5.75 Å². The lowest BCUT2D eigenvalue weighted by Gasteiger charge is -2.14. The van der Waals surface area contributed by atoms with Crippen LogP contribution in [0.25, 0.3) is 0 Å². The molecular weight excluding hydrogens is 308 g/mol. The Hall–Kier alpha value is -2.08. The zero-order valence-corrected chi connectivity index (χ0v) is 14.7. The van der Waals surface area contributed by atoms with Crippen LogP contribution in [0.15, 0.2) is 34.6 Å². The van der Waals surface area contributed by atoms with Crippen molar-refractivity contribution >= 4 is 17.3 Å². The zero-order chi connectivity index (χ0) is 16.5. The predicted molar refractivity (Wildman–Crippen MR) is 96.4 cm³/mol. The highest BCUT2D eigenvalue weighted by atomic mass is 32.1. The SMILES string of the molecule is CCOc1ccccc1CNC(=NC)NCCc1csc(C)n1. The average Bonchev–Trinajstić information content (AvgIpc) is 2.97. The number of hydrogen-bond donors (Lipinski definition) is 2. The molecule has 0 unspecified atom stereocenters. The first kappa shape index (κ1) is 17.3. The number of ether oxygens (including phenoxy) is 1. The number of aromatic nitrogens is 1. The number of aliphatic imine (C=N–C) groups is 1. The third-order valence-corrected chi connectivity index (χ3v) is 4.10. The summed E-state index contributed by atoms with van der Waals surface area (Å²) in [4.78, 5) is 8.71. The van der Waals surface area contributed by atoms with Crippen molar-refractivity contribution in [2.75, 3.05) is 20.2 Å². The minimum atomic E-state index is 0.664. The van der Waals surface area contributed by atoms with Gasteiger partial charge in [-0.3, -0.25) is 4.99 Å². The molecule has 0 saturated carbocycles. The number of aryl methyl sites for hydroxylation is 1. The molecule has 23 heavy (non-hydrogen) atoms. The lowest BCUT2D eigenvalue weighted by molar-refractivity contribution is 0.336. The third-order valence-electron chi connectivity index (χ3n) is 3.28. The molecule has 1 aromatic heterocycles. The Bertz CT molecular complexity index is 639. The smallest absolute Gasteiger partial charge is 0.191 e. The molecule has 0 fully saturated rings. The van der Waals surface area contributed by atoms with Crippen LogP contribution in [0.2, 0.25) is 0 Å². The van der Waals surface area contributed by atoms with Crippen molar-refractivity contribution in [1.29, 1.82) is 0 Å². The highest BCUT2D eigenvalue weighted by molar-refractivity contribution is 7.09. The van der Waals surface area contributed by atoms with E-state index in [1.165, 1.54) is 0 Å². The summed E-state index contributed by atoms with van der Waals surface area (Å²) < 4.78 is 5.64. The summed E-state index contributed by atoms with van der Waals surface area (Å²) in [7, 11) is 1.77. The van der Waals surface area contributed by atoms with Gasteiger partial charge in [0.05, 0.1) is 17.3 Å². The Morgan fingerprint density at radius 3 is 2.83 bits per heavy atom. The number of benzene rings is 1. The van der Waals surface area contributed by atoms with E-state index in [4.69, 9.17) is 4.74 Å². The number of guanidine groups is 1. The molecule has 1 aromatic carbocycles. The molecule has 0 bridgehead atoms. The van der Waals surface area contributed by atoms with Crippen LogP contribution in [0.4, 0.5) is 0 Å². The summed E-state index contributed by atoms with van der Waals surface area (Å²) in [6.07, 6.45) is 0.889. The Morgan fingerprint density at radius 1 is 1.30 bits per heavy atom. The van der Waals surface area contributed by atoms with Crippen molar-refractivity contribution in [2.45, 2.75) is 26.8 Å². The monoisotopic (exact) mass is 332 g/mol. The van der Waals surface area contributed by atoms with Crippen molar-refractivity contribution in [1.82, 2.24) is 15.6 Å². The average molecular weight is 332 g/mol. The highest BCUT2D eigenvalue weighted by Crippen LogP contribution is 2.17. The van der Waals surface area contributed by atoms with E-state index in [9.17, 15) is 0 Å². The maximum absolute atomic E-state index is 5.64. The summed E-state index contributed by atoms with van der Waals surface area (Å²) in [5.41, 5.74) is 2.24. The highest BCUT2D eigenvalue weighted by Gasteiger charge is 2.04. The van der Waals surface area contributed by atoms with E-state index in [1.54, 1.807) is 18.4 Å². The molecule has 1 heterocycles. The first-order valence-electron chi connectivity index (χ1n) is 7.79. The fourth-order valence-corrected chi connectivity index (χ4v) is 2.82. The van der Waals surface area contributed by atoms with E-state index in [0.29, 0.717) is 13.2 Å². The molecule has 2 rings (SSSR count). The molecule has 0 saturated heterocycles. The van der Waals surface area contributed by atoms with Gasteiger partial charge < -0.3 is 15.4 Å². The molecule has 0 radical (unpaired) electrons. The zero-order valence-electron chi connectivity index (χ0n) is 13.9. The van der Waals surface area contributed by atoms with Crippen molar-refractivity contribution < 1.29 is 4.74 Å². The van der Waals surface area contributed by atoms with E-state index in [-0.39, 0.29) is 0 Å². The normalized spacial score (nSPS) is 11.3. The number of nitrogens with zero attached hydrogens (tertiary/aromatic N) is 2.